The number of rotatable bonds is 6. The van der Waals surface area contributed by atoms with Gasteiger partial charge in [-0.1, -0.05) is 23.2 Å². The molecule has 1 heterocycles. The van der Waals surface area contributed by atoms with Gasteiger partial charge in [-0.05, 0) is 25.1 Å². The maximum atomic E-state index is 6.13. The normalized spacial score (nSPS) is 12.0. The van der Waals surface area contributed by atoms with Gasteiger partial charge in [-0.2, -0.15) is 0 Å². The van der Waals surface area contributed by atoms with Crippen molar-refractivity contribution < 1.29 is 4.74 Å². The lowest BCUT2D eigenvalue weighted by Gasteiger charge is -2.17. The van der Waals surface area contributed by atoms with Crippen LogP contribution in [-0.2, 0) is 4.74 Å². The first-order valence-corrected chi connectivity index (χ1v) is 7.35. The Bertz CT molecular complexity index is 653. The van der Waals surface area contributed by atoms with Gasteiger partial charge in [0.1, 0.15) is 12.0 Å². The number of nitrogens with zero attached hydrogens (tertiary/aromatic N) is 2. The van der Waals surface area contributed by atoms with Crippen molar-refractivity contribution in [2.75, 3.05) is 30.1 Å². The molecule has 0 amide bonds. The van der Waals surface area contributed by atoms with Crippen LogP contribution < -0.4 is 16.4 Å². The lowest BCUT2D eigenvalue weighted by Crippen LogP contribution is -2.22. The van der Waals surface area contributed by atoms with Crippen molar-refractivity contribution in [2.45, 2.75) is 13.0 Å². The first kappa shape index (κ1) is 16.6. The van der Waals surface area contributed by atoms with Crippen LogP contribution in [0.15, 0.2) is 24.5 Å². The van der Waals surface area contributed by atoms with E-state index in [-0.39, 0.29) is 6.04 Å². The van der Waals surface area contributed by atoms with Crippen molar-refractivity contribution in [2.24, 2.45) is 0 Å². The van der Waals surface area contributed by atoms with Gasteiger partial charge in [0.15, 0.2) is 11.6 Å². The third-order valence-electron chi connectivity index (χ3n) is 2.87. The molecule has 0 aliphatic carbocycles. The van der Waals surface area contributed by atoms with E-state index < -0.39 is 0 Å². The number of hydrogen-bond donors (Lipinski definition) is 3. The van der Waals surface area contributed by atoms with Gasteiger partial charge in [-0.25, -0.2) is 9.97 Å². The Morgan fingerprint density at radius 3 is 2.68 bits per heavy atom. The lowest BCUT2D eigenvalue weighted by molar-refractivity contribution is 0.190. The predicted molar refractivity (Wildman–Crippen MR) is 91.1 cm³/mol. The Morgan fingerprint density at radius 2 is 2.00 bits per heavy atom. The Morgan fingerprint density at radius 1 is 1.27 bits per heavy atom. The number of hydrogen-bond acceptors (Lipinski definition) is 6. The Balaban J connectivity index is 2.21. The molecule has 4 N–H and O–H groups in total. The van der Waals surface area contributed by atoms with Crippen LogP contribution in [0.2, 0.25) is 10.0 Å². The molecule has 118 valence electrons. The fourth-order valence-corrected chi connectivity index (χ4v) is 2.31. The lowest BCUT2D eigenvalue weighted by atomic mass is 10.3. The van der Waals surface area contributed by atoms with Crippen LogP contribution in [0.25, 0.3) is 0 Å². The van der Waals surface area contributed by atoms with Crippen molar-refractivity contribution in [3.05, 3.63) is 34.6 Å². The van der Waals surface area contributed by atoms with Gasteiger partial charge in [-0.3, -0.25) is 0 Å². The molecule has 1 atom stereocenters. The van der Waals surface area contributed by atoms with Gasteiger partial charge in [0.05, 0.1) is 17.3 Å². The summed E-state index contributed by atoms with van der Waals surface area (Å²) in [6, 6.07) is 5.19. The maximum Gasteiger partial charge on any atom is 0.159 e. The predicted octanol–water partition coefficient (Wildman–Crippen LogP) is 3.56. The monoisotopic (exact) mass is 341 g/mol. The molecule has 0 radical (unpaired) electrons. The molecular weight excluding hydrogens is 325 g/mol. The minimum absolute atomic E-state index is 0.0640. The zero-order valence-corrected chi connectivity index (χ0v) is 13.7. The van der Waals surface area contributed by atoms with Crippen LogP contribution in [0, 0.1) is 0 Å². The van der Waals surface area contributed by atoms with E-state index in [1.54, 1.807) is 25.3 Å². The molecule has 0 bridgehead atoms. The Labute approximate surface area is 139 Å². The highest BCUT2D eigenvalue weighted by Crippen LogP contribution is 2.31. The van der Waals surface area contributed by atoms with Gasteiger partial charge in [0.2, 0.25) is 0 Å². The van der Waals surface area contributed by atoms with E-state index in [9.17, 15) is 0 Å². The summed E-state index contributed by atoms with van der Waals surface area (Å²) in [5.41, 5.74) is 7.15. The Hall–Kier alpha value is -1.76. The number of methoxy groups -OCH3 is 1. The largest absolute Gasteiger partial charge is 0.393 e. The summed E-state index contributed by atoms with van der Waals surface area (Å²) in [7, 11) is 1.64. The van der Waals surface area contributed by atoms with Crippen LogP contribution in [0.4, 0.5) is 23.0 Å². The van der Waals surface area contributed by atoms with Gasteiger partial charge in [0.25, 0.3) is 0 Å². The fraction of sp³-hybridized carbons (Fsp3) is 0.286. The van der Waals surface area contributed by atoms with Crippen molar-refractivity contribution in [3.63, 3.8) is 0 Å². The van der Waals surface area contributed by atoms with Crippen LogP contribution in [-0.4, -0.2) is 29.7 Å². The number of nitrogens with one attached hydrogen (secondary N) is 2. The van der Waals surface area contributed by atoms with E-state index in [0.29, 0.717) is 39.7 Å². The minimum atomic E-state index is 0.0640. The van der Waals surface area contributed by atoms with E-state index in [2.05, 4.69) is 20.6 Å². The van der Waals surface area contributed by atoms with E-state index in [1.807, 2.05) is 6.92 Å². The number of anilines is 4. The summed E-state index contributed by atoms with van der Waals surface area (Å²) >= 11 is 12.0. The molecule has 0 fully saturated rings. The average molecular weight is 342 g/mol. The molecular formula is C14H17Cl2N5O. The summed E-state index contributed by atoms with van der Waals surface area (Å²) in [6.45, 7) is 2.50. The van der Waals surface area contributed by atoms with Crippen LogP contribution in [0.5, 0.6) is 0 Å². The van der Waals surface area contributed by atoms with Crippen molar-refractivity contribution >= 4 is 46.2 Å². The second kappa shape index (κ2) is 7.49. The van der Waals surface area contributed by atoms with Gasteiger partial charge >= 0.3 is 0 Å². The van der Waals surface area contributed by atoms with E-state index in [1.165, 1.54) is 6.33 Å². The summed E-state index contributed by atoms with van der Waals surface area (Å²) in [5.74, 6) is 0.999. The fourth-order valence-electron chi connectivity index (χ4n) is 1.85. The molecule has 0 aliphatic rings. The zero-order chi connectivity index (χ0) is 16.1. The van der Waals surface area contributed by atoms with Crippen molar-refractivity contribution in [3.8, 4) is 0 Å². The first-order chi connectivity index (χ1) is 10.5. The molecule has 2 aromatic rings. The zero-order valence-electron chi connectivity index (χ0n) is 12.2. The third kappa shape index (κ3) is 4.13. The molecule has 6 nitrogen and oxygen atoms in total. The smallest absolute Gasteiger partial charge is 0.159 e. The number of nitrogens with two attached hydrogens (primary N) is 1. The molecule has 1 aromatic heterocycles. The molecule has 0 saturated heterocycles. The number of ether oxygens (including phenoxy) is 1. The molecule has 0 spiro atoms. The second-order valence-electron chi connectivity index (χ2n) is 4.73. The molecule has 8 heteroatoms. The SMILES string of the molecule is COCC(C)Nc1ncnc(Nc2ccc(Cl)cc2Cl)c1N. The second-order valence-corrected chi connectivity index (χ2v) is 5.58. The standard InChI is InChI=1S/C14H17Cl2N5O/c1-8(6-22-2)20-13-12(17)14(19-7-18-13)21-11-4-3-9(15)5-10(11)16/h3-5,7-8H,6,17H2,1-2H3,(H2,18,19,20,21). The van der Waals surface area contributed by atoms with E-state index >= 15 is 0 Å². The van der Waals surface area contributed by atoms with E-state index in [0.717, 1.165) is 0 Å². The molecule has 2 rings (SSSR count). The summed E-state index contributed by atoms with van der Waals surface area (Å²) in [5, 5.41) is 7.28. The van der Waals surface area contributed by atoms with Gasteiger partial charge in [0, 0.05) is 18.2 Å². The molecule has 0 aliphatic heterocycles. The average Bonchev–Trinajstić information content (AvgIpc) is 2.46. The highest BCUT2D eigenvalue weighted by Gasteiger charge is 2.12. The first-order valence-electron chi connectivity index (χ1n) is 6.59. The third-order valence-corrected chi connectivity index (χ3v) is 3.42. The minimum Gasteiger partial charge on any atom is -0.393 e. The summed E-state index contributed by atoms with van der Waals surface area (Å²) in [4.78, 5) is 8.28. The Kier molecular flexibility index (Phi) is 5.65. The van der Waals surface area contributed by atoms with Crippen LogP contribution >= 0.6 is 23.2 Å². The van der Waals surface area contributed by atoms with Crippen LogP contribution in [0.3, 0.4) is 0 Å². The molecule has 0 saturated carbocycles. The number of benzene rings is 1. The summed E-state index contributed by atoms with van der Waals surface area (Å²) in [6.07, 6.45) is 1.42. The highest BCUT2D eigenvalue weighted by atomic mass is 35.5. The van der Waals surface area contributed by atoms with Crippen molar-refractivity contribution in [1.82, 2.24) is 9.97 Å². The maximum absolute atomic E-state index is 6.13. The van der Waals surface area contributed by atoms with E-state index in [4.69, 9.17) is 33.7 Å². The van der Waals surface area contributed by atoms with Crippen LogP contribution in [0.1, 0.15) is 6.92 Å². The van der Waals surface area contributed by atoms with Gasteiger partial charge in [-0.15, -0.1) is 0 Å². The molecule has 1 unspecified atom stereocenters. The highest BCUT2D eigenvalue weighted by molar-refractivity contribution is 6.36. The van der Waals surface area contributed by atoms with Gasteiger partial charge < -0.3 is 21.1 Å². The summed E-state index contributed by atoms with van der Waals surface area (Å²) < 4.78 is 5.08. The number of nitrogen functional groups attached to an aromatic ring is 1. The number of aromatic nitrogens is 2. The quantitative estimate of drug-likeness (QED) is 0.744. The molecule has 22 heavy (non-hydrogen) atoms. The topological polar surface area (TPSA) is 85.1 Å². The van der Waals surface area contributed by atoms with Crippen molar-refractivity contribution in [1.29, 1.82) is 0 Å². The number of halogens is 2. The molecule has 1 aromatic carbocycles.